The summed E-state index contributed by atoms with van der Waals surface area (Å²) in [6.07, 6.45) is 10.8. The minimum Gasteiger partial charge on any atom is -0.396 e. The third-order valence-electron chi connectivity index (χ3n) is 6.40. The Kier molecular flexibility index (Phi) is 5.87. The smallest absolute Gasteiger partial charge is 0.155 e. The van der Waals surface area contributed by atoms with Gasteiger partial charge in [-0.15, -0.1) is 0 Å². The van der Waals surface area contributed by atoms with E-state index in [0.717, 1.165) is 42.5 Å². The van der Waals surface area contributed by atoms with Crippen molar-refractivity contribution in [2.24, 2.45) is 5.92 Å². The molecule has 0 aromatic carbocycles. The zero-order valence-corrected chi connectivity index (χ0v) is 19.0. The number of fused-ring (bicyclic) bond motifs is 1. The number of halogens is 1. The van der Waals surface area contributed by atoms with Crippen molar-refractivity contribution in [1.29, 1.82) is 5.26 Å². The maximum atomic E-state index is 14.3. The average molecular weight is 463 g/mol. The Balaban J connectivity index is 1.55. The van der Waals surface area contributed by atoms with Crippen LogP contribution in [0.1, 0.15) is 43.0 Å². The Labute approximate surface area is 194 Å². The minimum atomic E-state index is -0.411. The third-order valence-corrected chi connectivity index (χ3v) is 7.43. The lowest BCUT2D eigenvalue weighted by atomic mass is 9.86. The Morgan fingerprint density at radius 1 is 1.24 bits per heavy atom. The number of aliphatic hydroxyl groups is 1. The molecule has 0 aliphatic heterocycles. The van der Waals surface area contributed by atoms with Gasteiger partial charge in [-0.3, -0.25) is 4.68 Å². The van der Waals surface area contributed by atoms with Crippen LogP contribution in [0.15, 0.2) is 52.9 Å². The van der Waals surface area contributed by atoms with E-state index in [0.29, 0.717) is 27.9 Å². The summed E-state index contributed by atoms with van der Waals surface area (Å²) in [7, 11) is 0. The Morgan fingerprint density at radius 3 is 2.79 bits per heavy atom. The first kappa shape index (κ1) is 21.6. The summed E-state index contributed by atoms with van der Waals surface area (Å²) < 4.78 is 18.1. The summed E-state index contributed by atoms with van der Waals surface area (Å²) in [6, 6.07) is 7.37. The van der Waals surface area contributed by atoms with Crippen molar-refractivity contribution < 1.29 is 9.50 Å². The van der Waals surface area contributed by atoms with Gasteiger partial charge in [-0.05, 0) is 56.7 Å². The lowest BCUT2D eigenvalue weighted by Crippen LogP contribution is -2.21. The first-order chi connectivity index (χ1) is 16.1. The average Bonchev–Trinajstić information content (AvgIpc) is 3.44. The van der Waals surface area contributed by atoms with Crippen LogP contribution in [0.25, 0.3) is 16.6 Å². The summed E-state index contributed by atoms with van der Waals surface area (Å²) in [6.45, 7) is 2.31. The molecule has 168 valence electrons. The molecule has 0 saturated heterocycles. The normalized spacial score (nSPS) is 18.5. The van der Waals surface area contributed by atoms with Gasteiger partial charge in [0.2, 0.25) is 0 Å². The van der Waals surface area contributed by atoms with E-state index < -0.39 is 5.82 Å². The summed E-state index contributed by atoms with van der Waals surface area (Å²) in [5, 5.41) is 28.3. The number of rotatable bonds is 5. The van der Waals surface area contributed by atoms with Gasteiger partial charge >= 0.3 is 0 Å². The summed E-state index contributed by atoms with van der Waals surface area (Å²) in [4.78, 5) is 4.86. The van der Waals surface area contributed by atoms with E-state index >= 15 is 0 Å². The molecule has 0 radical (unpaired) electrons. The molecule has 0 atom stereocenters. The highest BCUT2D eigenvalue weighted by Gasteiger charge is 2.25. The van der Waals surface area contributed by atoms with Crippen LogP contribution in [0.4, 0.5) is 4.39 Å². The number of nitrogens with zero attached hydrogens (tertiary/aromatic N) is 6. The van der Waals surface area contributed by atoms with E-state index in [2.05, 4.69) is 32.9 Å². The van der Waals surface area contributed by atoms with Crippen molar-refractivity contribution in [1.82, 2.24) is 24.4 Å². The van der Waals surface area contributed by atoms with E-state index in [4.69, 9.17) is 0 Å². The largest absolute Gasteiger partial charge is 0.396 e. The number of hydrogen-bond acceptors (Lipinski definition) is 6. The Hall–Kier alpha value is -3.22. The van der Waals surface area contributed by atoms with Gasteiger partial charge in [-0.25, -0.2) is 13.9 Å². The topological polar surface area (TPSA) is 92.0 Å². The van der Waals surface area contributed by atoms with E-state index in [1.54, 1.807) is 16.8 Å². The van der Waals surface area contributed by atoms with Gasteiger partial charge in [0.15, 0.2) is 5.82 Å². The second-order valence-corrected chi connectivity index (χ2v) is 9.42. The van der Waals surface area contributed by atoms with Crippen LogP contribution in [0.5, 0.6) is 0 Å². The van der Waals surface area contributed by atoms with Gasteiger partial charge in [-0.1, -0.05) is 11.8 Å². The molecule has 1 aliphatic carbocycles. The van der Waals surface area contributed by atoms with Crippen LogP contribution < -0.4 is 0 Å². The van der Waals surface area contributed by atoms with Crippen molar-refractivity contribution in [3.63, 3.8) is 0 Å². The molecule has 5 rings (SSSR count). The fourth-order valence-corrected chi connectivity index (χ4v) is 5.56. The van der Waals surface area contributed by atoms with E-state index in [-0.39, 0.29) is 11.6 Å². The first-order valence-electron chi connectivity index (χ1n) is 10.9. The summed E-state index contributed by atoms with van der Waals surface area (Å²) in [5.41, 5.74) is 3.96. The lowest BCUT2D eigenvalue weighted by molar-refractivity contribution is 0.164. The van der Waals surface area contributed by atoms with Crippen molar-refractivity contribution in [2.45, 2.75) is 48.6 Å². The highest BCUT2D eigenvalue weighted by atomic mass is 32.2. The van der Waals surface area contributed by atoms with Crippen LogP contribution in [0.2, 0.25) is 0 Å². The van der Waals surface area contributed by atoms with Gasteiger partial charge < -0.3 is 5.11 Å². The van der Waals surface area contributed by atoms with Crippen molar-refractivity contribution in [2.75, 3.05) is 6.61 Å². The van der Waals surface area contributed by atoms with Gasteiger partial charge in [-0.2, -0.15) is 15.5 Å². The number of aliphatic hydroxyl groups excluding tert-OH is 1. The van der Waals surface area contributed by atoms with Crippen LogP contribution in [-0.2, 0) is 0 Å². The highest BCUT2D eigenvalue weighted by Crippen LogP contribution is 2.38. The minimum absolute atomic E-state index is 0.245. The first-order valence-corrected chi connectivity index (χ1v) is 11.8. The van der Waals surface area contributed by atoms with Crippen LogP contribution in [-0.4, -0.2) is 36.1 Å². The van der Waals surface area contributed by atoms with Crippen LogP contribution >= 0.6 is 11.8 Å². The van der Waals surface area contributed by atoms with E-state index in [9.17, 15) is 14.8 Å². The molecule has 0 bridgehead atoms. The fraction of sp³-hybridized carbons (Fsp3) is 0.333. The van der Waals surface area contributed by atoms with Crippen LogP contribution in [0, 0.1) is 30.0 Å². The number of pyridine rings is 2. The lowest BCUT2D eigenvalue weighted by Gasteiger charge is -2.28. The standard InChI is InChI=1S/C24H23FN6OS/c1-15-20(12-29-31(15)19-6-4-16(14-32)5-7-19)17-9-22(33-24-21(25)3-2-8-27-24)23-18(10-26)11-28-30(23)13-17/h2-3,8-9,11-13,16,19,32H,4-7,14H2,1H3/t16-,19+. The molecular weight excluding hydrogens is 439 g/mol. The molecule has 0 unspecified atom stereocenters. The van der Waals surface area contributed by atoms with Crippen molar-refractivity contribution >= 4 is 17.3 Å². The molecule has 1 aliphatic rings. The van der Waals surface area contributed by atoms with E-state index in [1.807, 2.05) is 18.5 Å². The number of hydrogen-bond donors (Lipinski definition) is 1. The monoisotopic (exact) mass is 462 g/mol. The van der Waals surface area contributed by atoms with Gasteiger partial charge in [0, 0.05) is 40.7 Å². The quantitative estimate of drug-likeness (QED) is 0.459. The molecule has 1 fully saturated rings. The zero-order valence-electron chi connectivity index (χ0n) is 18.1. The predicted molar refractivity (Wildman–Crippen MR) is 122 cm³/mol. The highest BCUT2D eigenvalue weighted by molar-refractivity contribution is 7.99. The van der Waals surface area contributed by atoms with Gasteiger partial charge in [0.25, 0.3) is 0 Å². The number of nitriles is 1. The zero-order chi connectivity index (χ0) is 22.9. The molecular formula is C24H23FN6OS. The van der Waals surface area contributed by atoms with Gasteiger partial charge in [0.05, 0.1) is 29.5 Å². The maximum Gasteiger partial charge on any atom is 0.155 e. The maximum absolute atomic E-state index is 14.3. The fourth-order valence-electron chi connectivity index (χ4n) is 4.59. The second-order valence-electron chi connectivity index (χ2n) is 8.39. The SMILES string of the molecule is Cc1c(-c2cc(Sc3ncccc3F)c3c(C#N)cnn3c2)cnn1[C@H]1CC[C@@H](CO)CC1. The summed E-state index contributed by atoms with van der Waals surface area (Å²) >= 11 is 1.18. The van der Waals surface area contributed by atoms with Crippen molar-refractivity contribution in [3.05, 3.63) is 60.1 Å². The molecule has 33 heavy (non-hydrogen) atoms. The molecule has 1 saturated carbocycles. The molecule has 4 heterocycles. The second kappa shape index (κ2) is 8.96. The van der Waals surface area contributed by atoms with Crippen LogP contribution in [0.3, 0.4) is 0 Å². The predicted octanol–water partition coefficient (Wildman–Crippen LogP) is 4.79. The molecule has 4 aromatic rings. The summed E-state index contributed by atoms with van der Waals surface area (Å²) in [5.74, 6) is -0.0220. The molecule has 7 nitrogen and oxygen atoms in total. The Bertz CT molecular complexity index is 1350. The van der Waals surface area contributed by atoms with Gasteiger partial charge in [0.1, 0.15) is 11.1 Å². The molecule has 0 amide bonds. The van der Waals surface area contributed by atoms with Crippen molar-refractivity contribution in [3.8, 4) is 17.2 Å². The Morgan fingerprint density at radius 2 is 2.06 bits per heavy atom. The molecule has 9 heteroatoms. The third kappa shape index (κ3) is 4.01. The van der Waals surface area contributed by atoms with E-state index in [1.165, 1.54) is 24.0 Å². The number of aromatic nitrogens is 5. The molecule has 1 N–H and O–H groups in total. The molecule has 0 spiro atoms. The molecule has 4 aromatic heterocycles.